The third-order valence-electron chi connectivity index (χ3n) is 5.11. The van der Waals surface area contributed by atoms with E-state index in [2.05, 4.69) is 4.90 Å². The molecular formula is C22H21N3O4S. The van der Waals surface area contributed by atoms with Crippen LogP contribution in [0.2, 0.25) is 0 Å². The number of hydrogen-bond donors (Lipinski definition) is 1. The number of amides is 3. The first kappa shape index (κ1) is 20.0. The summed E-state index contributed by atoms with van der Waals surface area (Å²) in [4.78, 5) is 42.8. The highest BCUT2D eigenvalue weighted by Gasteiger charge is 2.37. The van der Waals surface area contributed by atoms with E-state index in [1.54, 1.807) is 23.1 Å². The SMILES string of the molecule is O=C(CN1C(=O)S/C(=C/c2ccc(O)cc2)C1=O)N1CCN(c2ccccc2)CC1. The first-order valence-corrected chi connectivity index (χ1v) is 10.4. The number of nitrogens with zero attached hydrogens (tertiary/aromatic N) is 3. The molecule has 1 N–H and O–H groups in total. The van der Waals surface area contributed by atoms with Crippen molar-refractivity contribution in [2.45, 2.75) is 0 Å². The molecule has 0 aromatic heterocycles. The van der Waals surface area contributed by atoms with Crippen LogP contribution in [0, 0.1) is 0 Å². The molecule has 0 unspecified atom stereocenters. The molecule has 3 amide bonds. The van der Waals surface area contributed by atoms with Gasteiger partial charge in [-0.25, -0.2) is 0 Å². The van der Waals surface area contributed by atoms with E-state index < -0.39 is 11.1 Å². The van der Waals surface area contributed by atoms with E-state index in [9.17, 15) is 19.5 Å². The van der Waals surface area contributed by atoms with E-state index in [0.717, 1.165) is 22.3 Å². The molecule has 154 valence electrons. The smallest absolute Gasteiger partial charge is 0.294 e. The van der Waals surface area contributed by atoms with Crippen molar-refractivity contribution >= 4 is 40.6 Å². The Morgan fingerprint density at radius 1 is 0.967 bits per heavy atom. The molecule has 2 saturated heterocycles. The number of rotatable bonds is 4. The highest BCUT2D eigenvalue weighted by atomic mass is 32.2. The zero-order chi connectivity index (χ0) is 21.1. The van der Waals surface area contributed by atoms with Crippen molar-refractivity contribution in [2.75, 3.05) is 37.6 Å². The minimum Gasteiger partial charge on any atom is -0.508 e. The Kier molecular flexibility index (Phi) is 5.76. The van der Waals surface area contributed by atoms with E-state index in [1.807, 2.05) is 30.3 Å². The van der Waals surface area contributed by atoms with Crippen LogP contribution in [0.25, 0.3) is 6.08 Å². The molecule has 0 atom stereocenters. The second-order valence-electron chi connectivity index (χ2n) is 7.06. The zero-order valence-electron chi connectivity index (χ0n) is 16.2. The number of thioether (sulfide) groups is 1. The molecule has 0 radical (unpaired) electrons. The van der Waals surface area contributed by atoms with Gasteiger partial charge in [0.15, 0.2) is 0 Å². The molecule has 0 aliphatic carbocycles. The monoisotopic (exact) mass is 423 g/mol. The Labute approximate surface area is 178 Å². The zero-order valence-corrected chi connectivity index (χ0v) is 17.0. The van der Waals surface area contributed by atoms with Crippen LogP contribution < -0.4 is 4.90 Å². The largest absolute Gasteiger partial charge is 0.508 e. The minimum absolute atomic E-state index is 0.123. The maximum atomic E-state index is 12.7. The van der Waals surface area contributed by atoms with Crippen LogP contribution in [0.1, 0.15) is 5.56 Å². The van der Waals surface area contributed by atoms with Gasteiger partial charge in [0.1, 0.15) is 12.3 Å². The third-order valence-corrected chi connectivity index (χ3v) is 6.02. The molecule has 2 aromatic rings. The molecule has 0 saturated carbocycles. The topological polar surface area (TPSA) is 81.2 Å². The Morgan fingerprint density at radius 3 is 2.30 bits per heavy atom. The molecule has 2 aromatic carbocycles. The van der Waals surface area contributed by atoms with Crippen molar-refractivity contribution in [3.05, 3.63) is 65.1 Å². The van der Waals surface area contributed by atoms with Crippen molar-refractivity contribution in [3.8, 4) is 5.75 Å². The Balaban J connectivity index is 1.36. The van der Waals surface area contributed by atoms with Crippen LogP contribution in [0.15, 0.2) is 59.5 Å². The molecule has 4 rings (SSSR count). The summed E-state index contributed by atoms with van der Waals surface area (Å²) in [5.74, 6) is -0.566. The fourth-order valence-electron chi connectivity index (χ4n) is 3.45. The van der Waals surface area contributed by atoms with Crippen LogP contribution in [-0.2, 0) is 9.59 Å². The van der Waals surface area contributed by atoms with Crippen molar-refractivity contribution < 1.29 is 19.5 Å². The molecule has 2 aliphatic rings. The Bertz CT molecular complexity index is 983. The number of hydrogen-bond acceptors (Lipinski definition) is 6. The van der Waals surface area contributed by atoms with Crippen LogP contribution >= 0.6 is 11.8 Å². The van der Waals surface area contributed by atoms with E-state index in [4.69, 9.17) is 0 Å². The van der Waals surface area contributed by atoms with Gasteiger partial charge in [0, 0.05) is 31.9 Å². The summed E-state index contributed by atoms with van der Waals surface area (Å²) in [5.41, 5.74) is 1.82. The van der Waals surface area contributed by atoms with Crippen molar-refractivity contribution in [3.63, 3.8) is 0 Å². The van der Waals surface area contributed by atoms with Gasteiger partial charge in [-0.3, -0.25) is 19.3 Å². The molecule has 7 nitrogen and oxygen atoms in total. The Hall–Kier alpha value is -3.26. The number of aromatic hydroxyl groups is 1. The number of anilines is 1. The first-order valence-electron chi connectivity index (χ1n) is 9.63. The number of phenols is 1. The van der Waals surface area contributed by atoms with Gasteiger partial charge < -0.3 is 14.9 Å². The lowest BCUT2D eigenvalue weighted by Gasteiger charge is -2.36. The fourth-order valence-corrected chi connectivity index (χ4v) is 4.28. The standard InChI is InChI=1S/C22H21N3O4S/c26-18-8-6-16(7-9-18)14-19-21(28)25(22(29)30-19)15-20(27)24-12-10-23(11-13-24)17-4-2-1-3-5-17/h1-9,14,26H,10-13,15H2/b19-14+. The predicted octanol–water partition coefficient (Wildman–Crippen LogP) is 2.78. The molecule has 0 spiro atoms. The lowest BCUT2D eigenvalue weighted by molar-refractivity contribution is -0.136. The maximum Gasteiger partial charge on any atom is 0.294 e. The molecule has 2 fully saturated rings. The number of para-hydroxylation sites is 1. The van der Waals surface area contributed by atoms with Crippen LogP contribution in [0.5, 0.6) is 5.75 Å². The van der Waals surface area contributed by atoms with E-state index >= 15 is 0 Å². The summed E-state index contributed by atoms with van der Waals surface area (Å²) in [6.45, 7) is 2.26. The van der Waals surface area contributed by atoms with Gasteiger partial charge in [0.05, 0.1) is 4.91 Å². The normalized spacial score (nSPS) is 18.4. The number of imide groups is 1. The van der Waals surface area contributed by atoms with Crippen LogP contribution in [0.4, 0.5) is 10.5 Å². The van der Waals surface area contributed by atoms with Crippen molar-refractivity contribution in [1.29, 1.82) is 0 Å². The lowest BCUT2D eigenvalue weighted by atomic mass is 10.2. The molecular weight excluding hydrogens is 402 g/mol. The van der Waals surface area contributed by atoms with Crippen molar-refractivity contribution in [1.82, 2.24) is 9.80 Å². The summed E-state index contributed by atoms with van der Waals surface area (Å²) in [7, 11) is 0. The molecule has 2 aliphatic heterocycles. The summed E-state index contributed by atoms with van der Waals surface area (Å²) in [6, 6.07) is 16.3. The Morgan fingerprint density at radius 2 is 1.63 bits per heavy atom. The predicted molar refractivity (Wildman–Crippen MR) is 116 cm³/mol. The highest BCUT2D eigenvalue weighted by molar-refractivity contribution is 8.18. The van der Waals surface area contributed by atoms with Gasteiger partial charge in [0.25, 0.3) is 11.1 Å². The summed E-state index contributed by atoms with van der Waals surface area (Å²) in [6.07, 6.45) is 1.59. The fraction of sp³-hybridized carbons (Fsp3) is 0.227. The average Bonchev–Trinajstić information content (AvgIpc) is 3.03. The highest BCUT2D eigenvalue weighted by Crippen LogP contribution is 2.32. The summed E-state index contributed by atoms with van der Waals surface area (Å²) >= 11 is 0.824. The van der Waals surface area contributed by atoms with Gasteiger partial charge in [-0.15, -0.1) is 0 Å². The van der Waals surface area contributed by atoms with Crippen molar-refractivity contribution in [2.24, 2.45) is 0 Å². The van der Waals surface area contributed by atoms with Gasteiger partial charge in [-0.2, -0.15) is 0 Å². The van der Waals surface area contributed by atoms with Gasteiger partial charge in [0.2, 0.25) is 5.91 Å². The van der Waals surface area contributed by atoms with Gasteiger partial charge >= 0.3 is 0 Å². The van der Waals surface area contributed by atoms with Crippen LogP contribution in [0.3, 0.4) is 0 Å². The number of carbonyl (C=O) groups excluding carboxylic acids is 3. The quantitative estimate of drug-likeness (QED) is 0.762. The number of benzene rings is 2. The minimum atomic E-state index is -0.464. The number of phenolic OH excluding ortho intramolecular Hbond substituents is 1. The first-order chi connectivity index (χ1) is 14.5. The molecule has 30 heavy (non-hydrogen) atoms. The van der Waals surface area contributed by atoms with E-state index in [1.165, 1.54) is 12.1 Å². The van der Waals surface area contributed by atoms with E-state index in [-0.39, 0.29) is 23.1 Å². The molecule has 0 bridgehead atoms. The maximum absolute atomic E-state index is 12.7. The second-order valence-corrected chi connectivity index (χ2v) is 8.06. The molecule has 8 heteroatoms. The number of carbonyl (C=O) groups is 3. The van der Waals surface area contributed by atoms with Gasteiger partial charge in [-0.05, 0) is 47.7 Å². The summed E-state index contributed by atoms with van der Waals surface area (Å²) < 4.78 is 0. The van der Waals surface area contributed by atoms with Gasteiger partial charge in [-0.1, -0.05) is 30.3 Å². The third kappa shape index (κ3) is 4.33. The van der Waals surface area contributed by atoms with E-state index in [0.29, 0.717) is 31.7 Å². The van der Waals surface area contributed by atoms with Crippen LogP contribution in [-0.4, -0.2) is 64.7 Å². The lowest BCUT2D eigenvalue weighted by Crippen LogP contribution is -2.51. The molecule has 2 heterocycles. The number of piperazine rings is 1. The second kappa shape index (κ2) is 8.62. The summed E-state index contributed by atoms with van der Waals surface area (Å²) in [5, 5.41) is 8.91. The average molecular weight is 423 g/mol.